The molecule has 2 N–H and O–H groups in total. The Labute approximate surface area is 74.6 Å². The van der Waals surface area contributed by atoms with E-state index in [1.165, 1.54) is 16.7 Å². The maximum absolute atomic E-state index is 5.86. The Balaban J connectivity index is 3.18. The van der Waals surface area contributed by atoms with E-state index in [9.17, 15) is 0 Å². The van der Waals surface area contributed by atoms with Gasteiger partial charge in [-0.05, 0) is 37.0 Å². The maximum Gasteiger partial charge on any atom is 0.0268 e. The van der Waals surface area contributed by atoms with Gasteiger partial charge in [-0.25, -0.2) is 0 Å². The molecule has 0 bridgehead atoms. The molecule has 0 aromatic heterocycles. The van der Waals surface area contributed by atoms with Crippen molar-refractivity contribution < 1.29 is 0 Å². The van der Waals surface area contributed by atoms with Crippen LogP contribution in [0.2, 0.25) is 0 Å². The minimum Gasteiger partial charge on any atom is -0.324 e. The van der Waals surface area contributed by atoms with Gasteiger partial charge in [-0.2, -0.15) is 0 Å². The van der Waals surface area contributed by atoms with Gasteiger partial charge in [0.2, 0.25) is 0 Å². The molecule has 1 aromatic carbocycles. The fourth-order valence-electron chi connectivity index (χ4n) is 1.63. The van der Waals surface area contributed by atoms with E-state index < -0.39 is 0 Å². The first kappa shape index (κ1) is 9.27. The van der Waals surface area contributed by atoms with Crippen LogP contribution in [0, 0.1) is 6.92 Å². The Morgan fingerprint density at radius 2 is 2.08 bits per heavy atom. The van der Waals surface area contributed by atoms with Crippen LogP contribution in [-0.4, -0.2) is 0 Å². The number of aryl methyl sites for hydroxylation is 1. The molecule has 0 aliphatic carbocycles. The van der Waals surface area contributed by atoms with Gasteiger partial charge >= 0.3 is 0 Å². The molecule has 0 unspecified atom stereocenters. The Morgan fingerprint density at radius 3 is 2.50 bits per heavy atom. The highest BCUT2D eigenvalue weighted by atomic mass is 14.6. The smallest absolute Gasteiger partial charge is 0.0268 e. The molecular weight excluding hydrogens is 146 g/mol. The molecule has 0 aliphatic heterocycles. The maximum atomic E-state index is 5.86. The SMILES string of the molecule is CCc1c(C)cccc1[C@@H](C)N. The first-order valence-corrected chi connectivity index (χ1v) is 4.50. The first-order valence-electron chi connectivity index (χ1n) is 4.50. The monoisotopic (exact) mass is 163 g/mol. The normalized spacial score (nSPS) is 13.0. The van der Waals surface area contributed by atoms with Crippen LogP contribution in [-0.2, 0) is 6.42 Å². The summed E-state index contributed by atoms with van der Waals surface area (Å²) in [5.74, 6) is 0. The highest BCUT2D eigenvalue weighted by Gasteiger charge is 2.06. The molecule has 1 heteroatoms. The van der Waals surface area contributed by atoms with Gasteiger partial charge in [-0.15, -0.1) is 0 Å². The number of hydrogen-bond donors (Lipinski definition) is 1. The van der Waals surface area contributed by atoms with Gasteiger partial charge in [0, 0.05) is 6.04 Å². The van der Waals surface area contributed by atoms with Gasteiger partial charge in [-0.1, -0.05) is 25.1 Å². The lowest BCUT2D eigenvalue weighted by Crippen LogP contribution is -2.08. The summed E-state index contributed by atoms with van der Waals surface area (Å²) in [6.07, 6.45) is 1.07. The van der Waals surface area contributed by atoms with Crippen LogP contribution in [0.15, 0.2) is 18.2 Å². The molecule has 1 rings (SSSR count). The Kier molecular flexibility index (Phi) is 2.88. The molecular formula is C11H17N. The molecule has 0 aliphatic rings. The minimum atomic E-state index is 0.153. The van der Waals surface area contributed by atoms with E-state index in [2.05, 4.69) is 32.0 Å². The first-order chi connectivity index (χ1) is 5.66. The van der Waals surface area contributed by atoms with Crippen molar-refractivity contribution in [3.8, 4) is 0 Å². The molecule has 0 radical (unpaired) electrons. The van der Waals surface area contributed by atoms with E-state index in [-0.39, 0.29) is 6.04 Å². The third-order valence-electron chi connectivity index (χ3n) is 2.29. The van der Waals surface area contributed by atoms with E-state index >= 15 is 0 Å². The largest absolute Gasteiger partial charge is 0.324 e. The molecule has 0 heterocycles. The molecule has 66 valence electrons. The third kappa shape index (κ3) is 1.67. The zero-order chi connectivity index (χ0) is 9.14. The molecule has 12 heavy (non-hydrogen) atoms. The van der Waals surface area contributed by atoms with Crippen LogP contribution in [0.1, 0.15) is 36.6 Å². The van der Waals surface area contributed by atoms with E-state index in [0.29, 0.717) is 0 Å². The summed E-state index contributed by atoms with van der Waals surface area (Å²) >= 11 is 0. The second-order valence-corrected chi connectivity index (χ2v) is 3.28. The van der Waals surface area contributed by atoms with Crippen LogP contribution >= 0.6 is 0 Å². The highest BCUT2D eigenvalue weighted by Crippen LogP contribution is 2.19. The van der Waals surface area contributed by atoms with Crippen molar-refractivity contribution in [1.29, 1.82) is 0 Å². The summed E-state index contributed by atoms with van der Waals surface area (Å²) in [5, 5.41) is 0. The average molecular weight is 163 g/mol. The number of rotatable bonds is 2. The van der Waals surface area contributed by atoms with Crippen molar-refractivity contribution >= 4 is 0 Å². The van der Waals surface area contributed by atoms with Gasteiger partial charge in [0.1, 0.15) is 0 Å². The third-order valence-corrected chi connectivity index (χ3v) is 2.29. The van der Waals surface area contributed by atoms with Crippen LogP contribution in [0.4, 0.5) is 0 Å². The van der Waals surface area contributed by atoms with Crippen molar-refractivity contribution in [2.24, 2.45) is 5.73 Å². The van der Waals surface area contributed by atoms with Crippen molar-refractivity contribution in [1.82, 2.24) is 0 Å². The second-order valence-electron chi connectivity index (χ2n) is 3.28. The summed E-state index contributed by atoms with van der Waals surface area (Å²) in [7, 11) is 0. The number of nitrogens with two attached hydrogens (primary N) is 1. The summed E-state index contributed by atoms with van der Waals surface area (Å²) < 4.78 is 0. The van der Waals surface area contributed by atoms with Gasteiger partial charge in [0.05, 0.1) is 0 Å². The molecule has 0 fully saturated rings. The molecule has 1 atom stereocenters. The predicted octanol–water partition coefficient (Wildman–Crippen LogP) is 2.58. The number of benzene rings is 1. The lowest BCUT2D eigenvalue weighted by atomic mass is 9.96. The quantitative estimate of drug-likeness (QED) is 0.712. The minimum absolute atomic E-state index is 0.153. The van der Waals surface area contributed by atoms with Crippen molar-refractivity contribution in [3.05, 3.63) is 34.9 Å². The molecule has 0 spiro atoms. The molecule has 0 saturated carbocycles. The molecule has 1 nitrogen and oxygen atoms in total. The summed E-state index contributed by atoms with van der Waals surface area (Å²) in [6, 6.07) is 6.49. The van der Waals surface area contributed by atoms with E-state index in [1.54, 1.807) is 0 Å². The van der Waals surface area contributed by atoms with Crippen LogP contribution < -0.4 is 5.73 Å². The molecule has 1 aromatic rings. The van der Waals surface area contributed by atoms with Gasteiger partial charge in [-0.3, -0.25) is 0 Å². The summed E-state index contributed by atoms with van der Waals surface area (Å²) in [4.78, 5) is 0. The van der Waals surface area contributed by atoms with Crippen LogP contribution in [0.3, 0.4) is 0 Å². The second kappa shape index (κ2) is 3.72. The standard InChI is InChI=1S/C11H17N/c1-4-10-8(2)6-5-7-11(10)9(3)12/h5-7,9H,4,12H2,1-3H3/t9-/m1/s1. The van der Waals surface area contributed by atoms with Gasteiger partial charge in [0.25, 0.3) is 0 Å². The predicted molar refractivity (Wildman–Crippen MR) is 53.2 cm³/mol. The van der Waals surface area contributed by atoms with E-state index in [0.717, 1.165) is 6.42 Å². The highest BCUT2D eigenvalue weighted by molar-refractivity contribution is 5.36. The molecule has 0 amide bonds. The van der Waals surface area contributed by atoms with Crippen LogP contribution in [0.5, 0.6) is 0 Å². The fourth-order valence-corrected chi connectivity index (χ4v) is 1.63. The fraction of sp³-hybridized carbons (Fsp3) is 0.455. The zero-order valence-electron chi connectivity index (χ0n) is 8.09. The summed E-state index contributed by atoms with van der Waals surface area (Å²) in [5.41, 5.74) is 9.91. The zero-order valence-corrected chi connectivity index (χ0v) is 8.09. The summed E-state index contributed by atoms with van der Waals surface area (Å²) in [6.45, 7) is 6.35. The average Bonchev–Trinajstić information content (AvgIpc) is 2.03. The topological polar surface area (TPSA) is 26.0 Å². The van der Waals surface area contributed by atoms with E-state index in [1.807, 2.05) is 6.92 Å². The Bertz CT molecular complexity index is 264. The molecule has 0 saturated heterocycles. The number of hydrogen-bond acceptors (Lipinski definition) is 1. The van der Waals surface area contributed by atoms with Gasteiger partial charge in [0.15, 0.2) is 0 Å². The van der Waals surface area contributed by atoms with Crippen molar-refractivity contribution in [2.75, 3.05) is 0 Å². The van der Waals surface area contributed by atoms with Crippen molar-refractivity contribution in [3.63, 3.8) is 0 Å². The Morgan fingerprint density at radius 1 is 1.42 bits per heavy atom. The van der Waals surface area contributed by atoms with Gasteiger partial charge < -0.3 is 5.73 Å². The van der Waals surface area contributed by atoms with Crippen molar-refractivity contribution in [2.45, 2.75) is 33.2 Å². The Hall–Kier alpha value is -0.820. The lowest BCUT2D eigenvalue weighted by molar-refractivity contribution is 0.798. The van der Waals surface area contributed by atoms with Crippen LogP contribution in [0.25, 0.3) is 0 Å². The lowest BCUT2D eigenvalue weighted by Gasteiger charge is -2.13. The van der Waals surface area contributed by atoms with E-state index in [4.69, 9.17) is 5.73 Å².